The summed E-state index contributed by atoms with van der Waals surface area (Å²) >= 11 is 0. The van der Waals surface area contributed by atoms with Crippen LogP contribution in [0.2, 0.25) is 0 Å². The van der Waals surface area contributed by atoms with Gasteiger partial charge < -0.3 is 25.7 Å². The second-order valence-corrected chi connectivity index (χ2v) is 4.22. The molecule has 0 bridgehead atoms. The summed E-state index contributed by atoms with van der Waals surface area (Å²) in [5.74, 6) is -6.07. The largest absolute Gasteiger partial charge is 0.481 e. The van der Waals surface area contributed by atoms with Gasteiger partial charge in [-0.05, 0) is 19.4 Å². The van der Waals surface area contributed by atoms with Gasteiger partial charge in [0.25, 0.3) is 0 Å². The predicted molar refractivity (Wildman–Crippen MR) is 64.3 cm³/mol. The number of carbonyl (C=O) groups is 4. The molecule has 2 atom stereocenters. The van der Waals surface area contributed by atoms with Gasteiger partial charge in [0.05, 0.1) is 18.8 Å². The lowest BCUT2D eigenvalue weighted by Crippen LogP contribution is -2.39. The molecule has 114 valence electrons. The molecular formula is C11H17NO8. The van der Waals surface area contributed by atoms with Crippen molar-refractivity contribution < 1.29 is 39.6 Å². The summed E-state index contributed by atoms with van der Waals surface area (Å²) in [6.45, 7) is 0.0909. The van der Waals surface area contributed by atoms with Crippen LogP contribution >= 0.6 is 0 Å². The molecule has 0 amide bonds. The van der Waals surface area contributed by atoms with Crippen molar-refractivity contribution in [3.05, 3.63) is 0 Å². The van der Waals surface area contributed by atoms with Crippen molar-refractivity contribution in [1.82, 2.24) is 5.32 Å². The highest BCUT2D eigenvalue weighted by atomic mass is 16.4. The third-order valence-electron chi connectivity index (χ3n) is 2.57. The molecule has 20 heavy (non-hydrogen) atoms. The first-order chi connectivity index (χ1) is 9.23. The molecule has 0 saturated carbocycles. The second-order valence-electron chi connectivity index (χ2n) is 4.22. The van der Waals surface area contributed by atoms with Gasteiger partial charge in [0, 0.05) is 0 Å². The van der Waals surface area contributed by atoms with Crippen molar-refractivity contribution in [2.45, 2.75) is 31.7 Å². The third-order valence-corrected chi connectivity index (χ3v) is 2.57. The number of carboxylic acids is 4. The number of aliphatic carboxylic acids is 4. The molecule has 0 spiro atoms. The molecule has 0 fully saturated rings. The van der Waals surface area contributed by atoms with E-state index in [1.807, 2.05) is 0 Å². The zero-order valence-corrected chi connectivity index (χ0v) is 10.6. The van der Waals surface area contributed by atoms with Crippen LogP contribution in [0.3, 0.4) is 0 Å². The van der Waals surface area contributed by atoms with E-state index in [9.17, 15) is 19.2 Å². The summed E-state index contributed by atoms with van der Waals surface area (Å²) in [4.78, 5) is 42.3. The van der Waals surface area contributed by atoms with E-state index in [0.717, 1.165) is 0 Å². The van der Waals surface area contributed by atoms with Gasteiger partial charge in [-0.3, -0.25) is 19.2 Å². The molecule has 0 radical (unpaired) electrons. The fourth-order valence-electron chi connectivity index (χ4n) is 1.57. The predicted octanol–water partition coefficient (Wildman–Crippen LogP) is -0.540. The van der Waals surface area contributed by atoms with Crippen molar-refractivity contribution in [1.29, 1.82) is 0 Å². The average molecular weight is 291 g/mol. The first kappa shape index (κ1) is 17.8. The van der Waals surface area contributed by atoms with Crippen LogP contribution in [-0.2, 0) is 19.2 Å². The van der Waals surface area contributed by atoms with Gasteiger partial charge in [-0.15, -0.1) is 0 Å². The summed E-state index contributed by atoms with van der Waals surface area (Å²) in [5, 5.41) is 37.0. The molecular weight excluding hydrogens is 274 g/mol. The van der Waals surface area contributed by atoms with Crippen molar-refractivity contribution in [2.75, 3.05) is 6.54 Å². The van der Waals surface area contributed by atoms with Crippen LogP contribution in [-0.4, -0.2) is 56.9 Å². The molecule has 0 aromatic carbocycles. The molecule has 0 aliphatic carbocycles. The van der Waals surface area contributed by atoms with E-state index in [-0.39, 0.29) is 19.4 Å². The lowest BCUT2D eigenvalue weighted by atomic mass is 9.99. The SMILES string of the molecule is O=C(O)CC(CCCNC(CC(=O)O)C(=O)O)C(=O)O. The molecule has 9 nitrogen and oxygen atoms in total. The maximum absolute atomic E-state index is 10.8. The maximum atomic E-state index is 10.8. The standard InChI is InChI=1S/C11H17NO8/c13-8(14)4-6(10(17)18)2-1-3-12-7(11(19)20)5-9(15)16/h6-7,12H,1-5H2,(H,13,14)(H,15,16)(H,17,18)(H,19,20). The minimum atomic E-state index is -1.31. The van der Waals surface area contributed by atoms with Gasteiger partial charge in [-0.1, -0.05) is 0 Å². The van der Waals surface area contributed by atoms with E-state index in [1.54, 1.807) is 0 Å². The molecule has 0 aliphatic rings. The maximum Gasteiger partial charge on any atom is 0.321 e. The number of hydrogen-bond donors (Lipinski definition) is 5. The zero-order valence-electron chi connectivity index (χ0n) is 10.6. The van der Waals surface area contributed by atoms with E-state index in [4.69, 9.17) is 20.4 Å². The Balaban J connectivity index is 4.13. The molecule has 0 aromatic heterocycles. The zero-order chi connectivity index (χ0) is 15.7. The first-order valence-electron chi connectivity index (χ1n) is 5.86. The molecule has 9 heteroatoms. The van der Waals surface area contributed by atoms with Crippen LogP contribution in [0, 0.1) is 5.92 Å². The topological polar surface area (TPSA) is 161 Å². The molecule has 0 saturated heterocycles. The van der Waals surface area contributed by atoms with Gasteiger partial charge in [-0.25, -0.2) is 0 Å². The van der Waals surface area contributed by atoms with Crippen LogP contribution in [0.15, 0.2) is 0 Å². The van der Waals surface area contributed by atoms with Crippen molar-refractivity contribution >= 4 is 23.9 Å². The first-order valence-corrected chi connectivity index (χ1v) is 5.86. The van der Waals surface area contributed by atoms with Crippen LogP contribution in [0.1, 0.15) is 25.7 Å². The second kappa shape index (κ2) is 8.86. The van der Waals surface area contributed by atoms with E-state index >= 15 is 0 Å². The van der Waals surface area contributed by atoms with Crippen LogP contribution in [0.4, 0.5) is 0 Å². The Bertz CT molecular complexity index is 345. The normalized spacial score (nSPS) is 13.4. The van der Waals surface area contributed by atoms with Gasteiger partial charge in [0.15, 0.2) is 0 Å². The summed E-state index contributed by atoms with van der Waals surface area (Å²) in [6, 6.07) is -1.25. The van der Waals surface area contributed by atoms with Crippen molar-refractivity contribution in [3.8, 4) is 0 Å². The quantitative estimate of drug-likeness (QED) is 0.315. The lowest BCUT2D eigenvalue weighted by molar-refractivity contribution is -0.148. The lowest BCUT2D eigenvalue weighted by Gasteiger charge is -2.13. The highest BCUT2D eigenvalue weighted by Crippen LogP contribution is 2.11. The smallest absolute Gasteiger partial charge is 0.321 e. The van der Waals surface area contributed by atoms with Crippen molar-refractivity contribution in [2.24, 2.45) is 5.92 Å². The van der Waals surface area contributed by atoms with Crippen LogP contribution in [0.5, 0.6) is 0 Å². The van der Waals surface area contributed by atoms with Gasteiger partial charge in [0.2, 0.25) is 0 Å². The van der Waals surface area contributed by atoms with Crippen molar-refractivity contribution in [3.63, 3.8) is 0 Å². The molecule has 5 N–H and O–H groups in total. The van der Waals surface area contributed by atoms with Gasteiger partial charge in [0.1, 0.15) is 6.04 Å². The highest BCUT2D eigenvalue weighted by molar-refractivity contribution is 5.80. The number of carboxylic acid groups (broad SMARTS) is 4. The third kappa shape index (κ3) is 8.03. The van der Waals surface area contributed by atoms with Crippen LogP contribution < -0.4 is 5.32 Å². The fraction of sp³-hybridized carbons (Fsp3) is 0.636. The molecule has 0 heterocycles. The Morgan fingerprint density at radius 1 is 0.850 bits per heavy atom. The van der Waals surface area contributed by atoms with E-state index in [2.05, 4.69) is 5.32 Å². The average Bonchev–Trinajstić information content (AvgIpc) is 2.29. The number of hydrogen-bond acceptors (Lipinski definition) is 5. The minimum absolute atomic E-state index is 0.0635. The monoisotopic (exact) mass is 291 g/mol. The molecule has 0 aromatic rings. The summed E-state index contributed by atoms with van der Waals surface area (Å²) in [6.07, 6.45) is -0.804. The van der Waals surface area contributed by atoms with Gasteiger partial charge >= 0.3 is 23.9 Å². The Kier molecular flexibility index (Phi) is 7.90. The molecule has 0 rings (SSSR count). The molecule has 2 unspecified atom stereocenters. The summed E-state index contributed by atoms with van der Waals surface area (Å²) < 4.78 is 0. The summed E-state index contributed by atoms with van der Waals surface area (Å²) in [5.41, 5.74) is 0. The fourth-order valence-corrected chi connectivity index (χ4v) is 1.57. The Morgan fingerprint density at radius 3 is 1.80 bits per heavy atom. The van der Waals surface area contributed by atoms with Crippen LogP contribution in [0.25, 0.3) is 0 Å². The summed E-state index contributed by atoms with van der Waals surface area (Å²) in [7, 11) is 0. The van der Waals surface area contributed by atoms with E-state index < -0.39 is 48.7 Å². The number of rotatable bonds is 11. The van der Waals surface area contributed by atoms with E-state index in [0.29, 0.717) is 0 Å². The van der Waals surface area contributed by atoms with Gasteiger partial charge in [-0.2, -0.15) is 0 Å². The van der Waals surface area contributed by atoms with E-state index in [1.165, 1.54) is 0 Å². The Labute approximate surface area is 114 Å². The Morgan fingerprint density at radius 2 is 1.40 bits per heavy atom. The Hall–Kier alpha value is -2.16. The molecule has 0 aliphatic heterocycles. The minimum Gasteiger partial charge on any atom is -0.481 e. The highest BCUT2D eigenvalue weighted by Gasteiger charge is 2.22. The number of nitrogens with one attached hydrogen (secondary N) is 1.